The zero-order chi connectivity index (χ0) is 16.9. The van der Waals surface area contributed by atoms with Gasteiger partial charge in [-0.25, -0.2) is 0 Å². The highest BCUT2D eigenvalue weighted by Gasteiger charge is 2.15. The minimum atomic E-state index is -2.01. The van der Waals surface area contributed by atoms with Crippen molar-refractivity contribution < 1.29 is 18.1 Å². The third-order valence-electron chi connectivity index (χ3n) is 2.56. The van der Waals surface area contributed by atoms with Crippen LogP contribution in [0.15, 0.2) is 0 Å². The summed E-state index contributed by atoms with van der Waals surface area (Å²) in [6, 6.07) is 0. The Balaban J connectivity index is 3.45. The van der Waals surface area contributed by atoms with Crippen molar-refractivity contribution in [3.8, 4) is 0 Å². The summed E-state index contributed by atoms with van der Waals surface area (Å²) in [5.74, 6) is 2.11. The van der Waals surface area contributed by atoms with Gasteiger partial charge in [0.15, 0.2) is 13.0 Å². The minimum absolute atomic E-state index is 0.833. The normalized spacial score (nSPS) is 12.7. The van der Waals surface area contributed by atoms with E-state index in [0.717, 1.165) is 36.7 Å². The van der Waals surface area contributed by atoms with Crippen molar-refractivity contribution in [1.82, 2.24) is 0 Å². The molecule has 0 radical (unpaired) electrons. The maximum atomic E-state index is 5.32. The Morgan fingerprint density at radius 3 is 1.27 bits per heavy atom. The Labute approximate surface area is 160 Å². The van der Waals surface area contributed by atoms with Crippen molar-refractivity contribution >= 4 is 77.8 Å². The summed E-state index contributed by atoms with van der Waals surface area (Å²) < 4.78 is 21.0. The van der Waals surface area contributed by atoms with Crippen LogP contribution < -0.4 is 0 Å². The van der Waals surface area contributed by atoms with Gasteiger partial charge in [0.1, 0.15) is 0 Å². The van der Waals surface area contributed by atoms with Crippen LogP contribution in [0.1, 0.15) is 12.8 Å². The van der Waals surface area contributed by atoms with E-state index in [9.17, 15) is 0 Å². The first kappa shape index (κ1) is 24.5. The van der Waals surface area contributed by atoms with Crippen LogP contribution in [-0.4, -0.2) is 52.3 Å². The smallest absolute Gasteiger partial charge is 0.188 e. The lowest BCUT2D eigenvalue weighted by Gasteiger charge is -2.17. The van der Waals surface area contributed by atoms with E-state index in [1.807, 2.05) is 21.6 Å². The van der Waals surface area contributed by atoms with Gasteiger partial charge in [0.2, 0.25) is 0 Å². The summed E-state index contributed by atoms with van der Waals surface area (Å²) in [5, 5.41) is 0. The highest BCUT2D eigenvalue weighted by molar-refractivity contribution is 9.26. The molecule has 0 unspecified atom stereocenters. The Hall–Kier alpha value is 2.54. The van der Waals surface area contributed by atoms with E-state index in [4.69, 9.17) is 41.7 Å². The molecule has 0 saturated carbocycles. The van der Waals surface area contributed by atoms with E-state index in [0.29, 0.717) is 0 Å². The molecule has 134 valence electrons. The molecule has 0 bridgehead atoms. The number of rotatable bonds is 15. The highest BCUT2D eigenvalue weighted by atomic mass is 33.7. The molecule has 22 heavy (non-hydrogen) atoms. The molecular weight excluding hydrogens is 438 g/mol. The van der Waals surface area contributed by atoms with Gasteiger partial charge in [-0.15, -0.1) is 0 Å². The first-order valence-electron chi connectivity index (χ1n) is 6.44. The molecule has 12 heteroatoms. The van der Waals surface area contributed by atoms with Crippen LogP contribution >= 0.6 is 54.2 Å². The molecule has 0 aromatic carbocycles. The molecule has 0 aliphatic rings. The fraction of sp³-hybridized carbons (Fsp3) is 1.00. The van der Waals surface area contributed by atoms with Gasteiger partial charge in [-0.05, 0) is 56.1 Å². The van der Waals surface area contributed by atoms with Crippen LogP contribution in [0.2, 0.25) is 0 Å². The summed E-state index contributed by atoms with van der Waals surface area (Å²) in [4.78, 5) is 0. The van der Waals surface area contributed by atoms with Crippen LogP contribution in [0, 0.1) is 0 Å². The average Bonchev–Trinajstić information content (AvgIpc) is 2.56. The molecule has 0 aromatic heterocycles. The number of hydrogen-bond donors (Lipinski definition) is 0. The van der Waals surface area contributed by atoms with Crippen molar-refractivity contribution in [1.29, 1.82) is 0 Å². The standard InChI is InChI=1S/C10H24O4P2S6/c1-11-15(17,12-2)7-5-9-19-21-22-20-10-6-8-16(18,13-3)14-4/h5-10H2,1-4H3. The molecule has 4 nitrogen and oxygen atoms in total. The molecule has 0 saturated heterocycles. The van der Waals surface area contributed by atoms with Crippen molar-refractivity contribution in [2.75, 3.05) is 52.3 Å². The Morgan fingerprint density at radius 2 is 1.00 bits per heavy atom. The average molecular weight is 463 g/mol. The van der Waals surface area contributed by atoms with Gasteiger partial charge in [0, 0.05) is 52.3 Å². The lowest BCUT2D eigenvalue weighted by Crippen LogP contribution is -1.95. The molecule has 0 heterocycles. The monoisotopic (exact) mass is 462 g/mol. The molecule has 0 spiro atoms. The zero-order valence-electron chi connectivity index (χ0n) is 13.2. The second-order valence-corrected chi connectivity index (χ2v) is 18.3. The maximum Gasteiger partial charge on any atom is 0.188 e. The summed E-state index contributed by atoms with van der Waals surface area (Å²) in [7, 11) is 13.8. The van der Waals surface area contributed by atoms with Crippen molar-refractivity contribution in [3.05, 3.63) is 0 Å². The largest absolute Gasteiger partial charge is 0.333 e. The quantitative estimate of drug-likeness (QED) is 0.173. The molecule has 0 aromatic rings. The van der Waals surface area contributed by atoms with Gasteiger partial charge in [-0.2, -0.15) is 0 Å². The third-order valence-corrected chi connectivity index (χ3v) is 16.0. The van der Waals surface area contributed by atoms with E-state index < -0.39 is 13.0 Å². The summed E-state index contributed by atoms with van der Waals surface area (Å²) in [6.07, 6.45) is 3.71. The van der Waals surface area contributed by atoms with Gasteiger partial charge in [0.25, 0.3) is 0 Å². The van der Waals surface area contributed by atoms with E-state index in [1.54, 1.807) is 48.1 Å². The van der Waals surface area contributed by atoms with Crippen LogP contribution in [0.4, 0.5) is 0 Å². The molecule has 0 N–H and O–H groups in total. The van der Waals surface area contributed by atoms with E-state index in [2.05, 4.69) is 0 Å². The van der Waals surface area contributed by atoms with Gasteiger partial charge in [0.05, 0.1) is 0 Å². The van der Waals surface area contributed by atoms with Gasteiger partial charge in [-0.1, -0.05) is 21.6 Å². The van der Waals surface area contributed by atoms with E-state index in [-0.39, 0.29) is 0 Å². The first-order valence-corrected chi connectivity index (χ1v) is 17.2. The molecule has 0 aliphatic heterocycles. The summed E-state index contributed by atoms with van der Waals surface area (Å²) >= 11 is 10.6. The maximum absolute atomic E-state index is 5.32. The minimum Gasteiger partial charge on any atom is -0.333 e. The fourth-order valence-corrected chi connectivity index (χ4v) is 10.7. The van der Waals surface area contributed by atoms with E-state index >= 15 is 0 Å². The van der Waals surface area contributed by atoms with Crippen molar-refractivity contribution in [3.63, 3.8) is 0 Å². The lowest BCUT2D eigenvalue weighted by molar-refractivity contribution is 0.336. The summed E-state index contributed by atoms with van der Waals surface area (Å²) in [5.41, 5.74) is 0. The van der Waals surface area contributed by atoms with Gasteiger partial charge in [-0.3, -0.25) is 0 Å². The Bertz CT molecular complexity index is 323. The lowest BCUT2D eigenvalue weighted by atomic mass is 10.6. The highest BCUT2D eigenvalue weighted by Crippen LogP contribution is 2.50. The van der Waals surface area contributed by atoms with E-state index in [1.165, 1.54) is 0 Å². The molecule has 0 rings (SSSR count). The second-order valence-electron chi connectivity index (χ2n) is 3.89. The summed E-state index contributed by atoms with van der Waals surface area (Å²) in [6.45, 7) is -4.01. The predicted molar refractivity (Wildman–Crippen MR) is 116 cm³/mol. The van der Waals surface area contributed by atoms with Crippen molar-refractivity contribution in [2.45, 2.75) is 12.8 Å². The molecule has 0 atom stereocenters. The van der Waals surface area contributed by atoms with Gasteiger partial charge >= 0.3 is 0 Å². The van der Waals surface area contributed by atoms with Gasteiger partial charge < -0.3 is 18.1 Å². The third kappa shape index (κ3) is 12.0. The number of hydrogen-bond acceptors (Lipinski definition) is 10. The predicted octanol–water partition coefficient (Wildman–Crippen LogP) is 5.65. The SMILES string of the molecule is COP(=S)(CCCSSSSCCCP(=S)(OC)OC)OC. The van der Waals surface area contributed by atoms with Crippen LogP contribution in [0.3, 0.4) is 0 Å². The Morgan fingerprint density at radius 1 is 0.682 bits per heavy atom. The molecule has 0 fully saturated rings. The fourth-order valence-electron chi connectivity index (χ4n) is 1.26. The van der Waals surface area contributed by atoms with Crippen molar-refractivity contribution in [2.24, 2.45) is 0 Å². The van der Waals surface area contributed by atoms with Crippen LogP contribution in [0.25, 0.3) is 0 Å². The molecule has 0 aliphatic carbocycles. The second kappa shape index (κ2) is 14.7. The first-order chi connectivity index (χ1) is 10.4. The molecular formula is C10H24O4P2S6. The Kier molecular flexibility index (Phi) is 16.4. The molecule has 0 amide bonds. The zero-order valence-corrected chi connectivity index (χ0v) is 19.9. The topological polar surface area (TPSA) is 36.9 Å². The van der Waals surface area contributed by atoms with Crippen LogP contribution in [0.5, 0.6) is 0 Å². The van der Waals surface area contributed by atoms with Crippen LogP contribution in [-0.2, 0) is 41.7 Å².